The van der Waals surface area contributed by atoms with Gasteiger partial charge in [-0.25, -0.2) is 4.79 Å². The number of aliphatic carboxylic acids is 1. The average molecular weight is 217 g/mol. The van der Waals surface area contributed by atoms with Crippen LogP contribution in [-0.2, 0) is 11.2 Å². The standard InChI is InChI=1S/C13H15NO2/c1-8-5-10(6-9(2)13(15)16)7-11-3-4-14-12(8)11/h5-7,14H,3-4H2,1-2H3,(H,15,16)/b9-6+. The molecule has 1 heterocycles. The fraction of sp³-hybridized carbons (Fsp3) is 0.308. The number of fused-ring (bicyclic) bond motifs is 1. The fourth-order valence-electron chi connectivity index (χ4n) is 2.06. The van der Waals surface area contributed by atoms with E-state index in [1.165, 1.54) is 16.8 Å². The molecular weight excluding hydrogens is 202 g/mol. The smallest absolute Gasteiger partial charge is 0.331 e. The Labute approximate surface area is 94.8 Å². The highest BCUT2D eigenvalue weighted by atomic mass is 16.4. The molecule has 0 atom stereocenters. The zero-order valence-corrected chi connectivity index (χ0v) is 9.50. The Morgan fingerprint density at radius 3 is 2.94 bits per heavy atom. The van der Waals surface area contributed by atoms with Crippen molar-refractivity contribution in [2.75, 3.05) is 11.9 Å². The van der Waals surface area contributed by atoms with Gasteiger partial charge in [0.15, 0.2) is 0 Å². The van der Waals surface area contributed by atoms with Crippen LogP contribution >= 0.6 is 0 Å². The molecule has 84 valence electrons. The van der Waals surface area contributed by atoms with E-state index in [-0.39, 0.29) is 0 Å². The van der Waals surface area contributed by atoms with Crippen molar-refractivity contribution in [3.8, 4) is 0 Å². The van der Waals surface area contributed by atoms with E-state index in [1.54, 1.807) is 13.0 Å². The summed E-state index contributed by atoms with van der Waals surface area (Å²) in [6.07, 6.45) is 2.73. The molecule has 2 N–H and O–H groups in total. The zero-order chi connectivity index (χ0) is 11.7. The summed E-state index contributed by atoms with van der Waals surface area (Å²) >= 11 is 0. The molecule has 0 saturated heterocycles. The lowest BCUT2D eigenvalue weighted by Gasteiger charge is -2.06. The van der Waals surface area contributed by atoms with Gasteiger partial charge in [0, 0.05) is 17.8 Å². The first-order valence-corrected chi connectivity index (χ1v) is 5.37. The molecule has 3 heteroatoms. The summed E-state index contributed by atoms with van der Waals surface area (Å²) in [5, 5.41) is 12.2. The van der Waals surface area contributed by atoms with Crippen molar-refractivity contribution in [2.24, 2.45) is 0 Å². The minimum Gasteiger partial charge on any atom is -0.478 e. The van der Waals surface area contributed by atoms with E-state index in [1.807, 2.05) is 13.0 Å². The first-order valence-electron chi connectivity index (χ1n) is 5.37. The molecule has 0 fully saturated rings. The van der Waals surface area contributed by atoms with Gasteiger partial charge in [0.1, 0.15) is 0 Å². The van der Waals surface area contributed by atoms with Crippen LogP contribution in [0.25, 0.3) is 6.08 Å². The topological polar surface area (TPSA) is 49.3 Å². The summed E-state index contributed by atoms with van der Waals surface area (Å²) < 4.78 is 0. The Bertz CT molecular complexity index is 475. The maximum Gasteiger partial charge on any atom is 0.331 e. The minimum atomic E-state index is -0.865. The molecular formula is C13H15NO2. The predicted octanol–water partition coefficient (Wildman–Crippen LogP) is 2.45. The van der Waals surface area contributed by atoms with Gasteiger partial charge in [0.25, 0.3) is 0 Å². The van der Waals surface area contributed by atoms with Crippen molar-refractivity contribution in [2.45, 2.75) is 20.3 Å². The zero-order valence-electron chi connectivity index (χ0n) is 9.50. The summed E-state index contributed by atoms with van der Waals surface area (Å²) in [6.45, 7) is 4.63. The van der Waals surface area contributed by atoms with Gasteiger partial charge in [0.2, 0.25) is 0 Å². The van der Waals surface area contributed by atoms with Crippen molar-refractivity contribution in [1.29, 1.82) is 0 Å². The van der Waals surface area contributed by atoms with Crippen LogP contribution in [0.3, 0.4) is 0 Å². The first kappa shape index (κ1) is 10.7. The van der Waals surface area contributed by atoms with Crippen molar-refractivity contribution in [3.05, 3.63) is 34.4 Å². The highest BCUT2D eigenvalue weighted by Gasteiger charge is 2.13. The van der Waals surface area contributed by atoms with Crippen LogP contribution in [0.15, 0.2) is 17.7 Å². The van der Waals surface area contributed by atoms with Crippen LogP contribution in [0.2, 0.25) is 0 Å². The molecule has 3 nitrogen and oxygen atoms in total. The number of carbonyl (C=O) groups is 1. The number of carboxylic acid groups (broad SMARTS) is 1. The molecule has 0 saturated carbocycles. The Morgan fingerprint density at radius 2 is 2.25 bits per heavy atom. The SMILES string of the molecule is C/C(=C\c1cc(C)c2c(c1)CCN2)C(=O)O. The Hall–Kier alpha value is -1.77. The molecule has 0 unspecified atom stereocenters. The molecule has 0 aromatic heterocycles. The molecule has 1 aliphatic heterocycles. The van der Waals surface area contributed by atoms with E-state index in [0.29, 0.717) is 5.57 Å². The van der Waals surface area contributed by atoms with Crippen LogP contribution in [0.5, 0.6) is 0 Å². The van der Waals surface area contributed by atoms with Crippen LogP contribution in [-0.4, -0.2) is 17.6 Å². The third-order valence-corrected chi connectivity index (χ3v) is 2.86. The molecule has 1 aromatic rings. The monoisotopic (exact) mass is 217 g/mol. The van der Waals surface area contributed by atoms with Gasteiger partial charge in [0.05, 0.1) is 0 Å². The summed E-state index contributed by atoms with van der Waals surface area (Å²) in [5.41, 5.74) is 5.01. The van der Waals surface area contributed by atoms with E-state index < -0.39 is 5.97 Å². The van der Waals surface area contributed by atoms with E-state index >= 15 is 0 Å². The number of nitrogens with one attached hydrogen (secondary N) is 1. The highest BCUT2D eigenvalue weighted by molar-refractivity contribution is 5.91. The minimum absolute atomic E-state index is 0.366. The molecule has 0 amide bonds. The number of aryl methyl sites for hydroxylation is 1. The van der Waals surface area contributed by atoms with Crippen LogP contribution < -0.4 is 5.32 Å². The lowest BCUT2D eigenvalue weighted by atomic mass is 10.0. The molecule has 0 aliphatic carbocycles. The van der Waals surface area contributed by atoms with Crippen LogP contribution in [0, 0.1) is 6.92 Å². The number of anilines is 1. The number of benzene rings is 1. The number of carboxylic acids is 1. The van der Waals surface area contributed by atoms with Gasteiger partial charge in [-0.15, -0.1) is 0 Å². The van der Waals surface area contributed by atoms with Gasteiger partial charge in [-0.05, 0) is 55.2 Å². The van der Waals surface area contributed by atoms with Crippen molar-refractivity contribution < 1.29 is 9.90 Å². The Balaban J connectivity index is 2.41. The fourth-order valence-corrected chi connectivity index (χ4v) is 2.06. The largest absolute Gasteiger partial charge is 0.478 e. The van der Waals surface area contributed by atoms with Gasteiger partial charge >= 0.3 is 5.97 Å². The lowest BCUT2D eigenvalue weighted by molar-refractivity contribution is -0.132. The average Bonchev–Trinajstić information content (AvgIpc) is 2.65. The van der Waals surface area contributed by atoms with Gasteiger partial charge in [-0.2, -0.15) is 0 Å². The third kappa shape index (κ3) is 1.94. The molecule has 0 radical (unpaired) electrons. The molecule has 16 heavy (non-hydrogen) atoms. The number of rotatable bonds is 2. The molecule has 0 bridgehead atoms. The maximum atomic E-state index is 10.7. The molecule has 1 aromatic carbocycles. The summed E-state index contributed by atoms with van der Waals surface area (Å²) in [4.78, 5) is 10.7. The van der Waals surface area contributed by atoms with E-state index in [0.717, 1.165) is 18.5 Å². The number of hydrogen-bond donors (Lipinski definition) is 2. The summed E-state index contributed by atoms with van der Waals surface area (Å²) in [6, 6.07) is 4.08. The van der Waals surface area contributed by atoms with Crippen molar-refractivity contribution >= 4 is 17.7 Å². The van der Waals surface area contributed by atoms with E-state index in [2.05, 4.69) is 11.4 Å². The second kappa shape index (κ2) is 4.00. The third-order valence-electron chi connectivity index (χ3n) is 2.86. The van der Waals surface area contributed by atoms with Crippen LogP contribution in [0.1, 0.15) is 23.6 Å². The highest BCUT2D eigenvalue weighted by Crippen LogP contribution is 2.28. The second-order valence-electron chi connectivity index (χ2n) is 4.18. The summed E-state index contributed by atoms with van der Waals surface area (Å²) in [7, 11) is 0. The predicted molar refractivity (Wildman–Crippen MR) is 64.7 cm³/mol. The molecule has 0 spiro atoms. The van der Waals surface area contributed by atoms with Crippen molar-refractivity contribution in [3.63, 3.8) is 0 Å². The second-order valence-corrected chi connectivity index (χ2v) is 4.18. The van der Waals surface area contributed by atoms with Gasteiger partial charge in [-0.3, -0.25) is 0 Å². The summed E-state index contributed by atoms with van der Waals surface area (Å²) in [5.74, 6) is -0.865. The lowest BCUT2D eigenvalue weighted by Crippen LogP contribution is -1.96. The first-order chi connectivity index (χ1) is 7.58. The van der Waals surface area contributed by atoms with Gasteiger partial charge in [-0.1, -0.05) is 0 Å². The Kier molecular flexibility index (Phi) is 2.69. The normalized spacial score (nSPS) is 14.5. The quantitative estimate of drug-likeness (QED) is 0.748. The van der Waals surface area contributed by atoms with Crippen LogP contribution in [0.4, 0.5) is 5.69 Å². The molecule has 2 rings (SSSR count). The van der Waals surface area contributed by atoms with Crippen molar-refractivity contribution in [1.82, 2.24) is 0 Å². The van der Waals surface area contributed by atoms with E-state index in [9.17, 15) is 4.79 Å². The number of hydrogen-bond acceptors (Lipinski definition) is 2. The maximum absolute atomic E-state index is 10.7. The molecule has 1 aliphatic rings. The van der Waals surface area contributed by atoms with Gasteiger partial charge < -0.3 is 10.4 Å². The van der Waals surface area contributed by atoms with E-state index in [4.69, 9.17) is 5.11 Å². The Morgan fingerprint density at radius 1 is 1.50 bits per heavy atom.